The fourth-order valence-corrected chi connectivity index (χ4v) is 1.97. The number of benzene rings is 1. The third kappa shape index (κ3) is 4.53. The van der Waals surface area contributed by atoms with Crippen molar-refractivity contribution < 1.29 is 0 Å². The summed E-state index contributed by atoms with van der Waals surface area (Å²) in [7, 11) is 0. The van der Waals surface area contributed by atoms with Gasteiger partial charge in [-0.2, -0.15) is 0 Å². The topological polar surface area (TPSA) is 0 Å². The maximum Gasteiger partial charge on any atom is -0.0129 e. The lowest BCUT2D eigenvalue weighted by Gasteiger charge is -2.25. The summed E-state index contributed by atoms with van der Waals surface area (Å²) in [6.07, 6.45) is 0. The molecule has 17 heavy (non-hydrogen) atoms. The first-order valence-corrected chi connectivity index (χ1v) is 6.74. The van der Waals surface area contributed by atoms with Crippen LogP contribution in [0.1, 0.15) is 72.1 Å². The van der Waals surface area contributed by atoms with Crippen molar-refractivity contribution in [2.24, 2.45) is 0 Å². The molecule has 0 aromatic heterocycles. The molecule has 0 aliphatic carbocycles. The monoisotopic (exact) mass is 234 g/mol. The molecule has 0 spiro atoms. The van der Waals surface area contributed by atoms with Gasteiger partial charge < -0.3 is 0 Å². The lowest BCUT2D eigenvalue weighted by Crippen LogP contribution is -2.16. The van der Waals surface area contributed by atoms with Gasteiger partial charge in [0, 0.05) is 0 Å². The highest BCUT2D eigenvalue weighted by molar-refractivity contribution is 5.37. The van der Waals surface area contributed by atoms with Crippen molar-refractivity contribution in [3.05, 3.63) is 34.9 Å². The first-order chi connectivity index (χ1) is 7.62. The summed E-state index contributed by atoms with van der Waals surface area (Å²) in [6.45, 7) is 19.8. The summed E-state index contributed by atoms with van der Waals surface area (Å²) in [5.74, 6) is 0. The zero-order chi connectivity index (χ0) is 13.9. The molecule has 0 heteroatoms. The molecule has 0 radical (unpaired) electrons. The van der Waals surface area contributed by atoms with E-state index >= 15 is 0 Å². The van der Waals surface area contributed by atoms with Crippen LogP contribution in [0, 0.1) is 6.92 Å². The minimum absolute atomic E-state index is 0.250. The van der Waals surface area contributed by atoms with Crippen molar-refractivity contribution in [1.82, 2.24) is 0 Å². The number of rotatable bonds is 0. The van der Waals surface area contributed by atoms with Gasteiger partial charge in [-0.3, -0.25) is 0 Å². The quantitative estimate of drug-likeness (QED) is 0.547. The average molecular weight is 234 g/mol. The first-order valence-electron chi connectivity index (χ1n) is 6.74. The molecule has 0 saturated heterocycles. The standard InChI is InChI=1S/C15H24.C2H6/c1-11-10-12(14(2,3)4)8-9-13(11)15(5,6)7;1-2/h8-10H,1-7H3;1-2H3. The van der Waals surface area contributed by atoms with Crippen LogP contribution < -0.4 is 0 Å². The second kappa shape index (κ2) is 5.71. The van der Waals surface area contributed by atoms with Gasteiger partial charge in [0.2, 0.25) is 0 Å². The van der Waals surface area contributed by atoms with Gasteiger partial charge >= 0.3 is 0 Å². The highest BCUT2D eigenvalue weighted by Crippen LogP contribution is 2.30. The van der Waals surface area contributed by atoms with Crippen LogP contribution in [0.15, 0.2) is 18.2 Å². The predicted octanol–water partition coefficient (Wildman–Crippen LogP) is 5.62. The molecule has 0 aliphatic rings. The molecule has 0 amide bonds. The minimum Gasteiger partial charge on any atom is -0.0683 e. The summed E-state index contributed by atoms with van der Waals surface area (Å²) < 4.78 is 0. The second-order valence-corrected chi connectivity index (χ2v) is 6.53. The SMILES string of the molecule is CC.Cc1cc(C(C)(C)C)ccc1C(C)(C)C. The normalized spacial score (nSPS) is 11.8. The predicted molar refractivity (Wildman–Crippen MR) is 79.9 cm³/mol. The summed E-state index contributed by atoms with van der Waals surface area (Å²) in [5.41, 5.74) is 4.79. The van der Waals surface area contributed by atoms with Crippen LogP contribution in [0.2, 0.25) is 0 Å². The van der Waals surface area contributed by atoms with Crippen LogP contribution in [0.5, 0.6) is 0 Å². The smallest absolute Gasteiger partial charge is 0.0129 e. The minimum atomic E-state index is 0.250. The van der Waals surface area contributed by atoms with Crippen molar-refractivity contribution in [3.63, 3.8) is 0 Å². The molecule has 0 N–H and O–H groups in total. The van der Waals surface area contributed by atoms with Crippen LogP contribution in [0.25, 0.3) is 0 Å². The van der Waals surface area contributed by atoms with E-state index < -0.39 is 0 Å². The Morgan fingerprint density at radius 2 is 1.24 bits per heavy atom. The van der Waals surface area contributed by atoms with Gasteiger partial charge in [0.25, 0.3) is 0 Å². The fraction of sp³-hybridized carbons (Fsp3) is 0.647. The maximum atomic E-state index is 2.33. The van der Waals surface area contributed by atoms with E-state index in [-0.39, 0.29) is 10.8 Å². The van der Waals surface area contributed by atoms with E-state index in [1.807, 2.05) is 13.8 Å². The zero-order valence-electron chi connectivity index (χ0n) is 13.2. The largest absolute Gasteiger partial charge is 0.0683 e. The van der Waals surface area contributed by atoms with E-state index in [9.17, 15) is 0 Å². The molecule has 0 nitrogen and oxygen atoms in total. The Hall–Kier alpha value is -0.780. The Morgan fingerprint density at radius 3 is 1.53 bits per heavy atom. The molecule has 1 aromatic rings. The second-order valence-electron chi connectivity index (χ2n) is 6.53. The van der Waals surface area contributed by atoms with E-state index in [2.05, 4.69) is 66.7 Å². The first kappa shape index (κ1) is 16.2. The molecule has 0 saturated carbocycles. The zero-order valence-corrected chi connectivity index (χ0v) is 13.2. The Bertz CT molecular complexity index is 345. The summed E-state index contributed by atoms with van der Waals surface area (Å²) in [4.78, 5) is 0. The van der Waals surface area contributed by atoms with Gasteiger partial charge in [0.15, 0.2) is 0 Å². The van der Waals surface area contributed by atoms with E-state index in [1.54, 1.807) is 0 Å². The molecule has 0 fully saturated rings. The van der Waals surface area contributed by atoms with Crippen LogP contribution in [-0.4, -0.2) is 0 Å². The molecule has 0 bridgehead atoms. The molecular weight excluding hydrogens is 204 g/mol. The molecular formula is C17H30. The Balaban J connectivity index is 0.00000121. The summed E-state index contributed by atoms with van der Waals surface area (Å²) in [6, 6.07) is 6.89. The lowest BCUT2D eigenvalue weighted by molar-refractivity contribution is 0.573. The van der Waals surface area contributed by atoms with Crippen molar-refractivity contribution >= 4 is 0 Å². The Kier molecular flexibility index (Phi) is 5.45. The maximum absolute atomic E-state index is 2.33. The molecule has 0 atom stereocenters. The lowest BCUT2D eigenvalue weighted by atomic mass is 9.80. The molecule has 0 aliphatic heterocycles. The molecule has 1 rings (SSSR count). The van der Waals surface area contributed by atoms with Crippen LogP contribution >= 0.6 is 0 Å². The number of aryl methyl sites for hydroxylation is 1. The van der Waals surface area contributed by atoms with E-state index in [1.165, 1.54) is 16.7 Å². The van der Waals surface area contributed by atoms with E-state index in [0.29, 0.717) is 0 Å². The molecule has 0 unspecified atom stereocenters. The molecule has 98 valence electrons. The third-order valence-electron chi connectivity index (χ3n) is 2.90. The van der Waals surface area contributed by atoms with E-state index in [4.69, 9.17) is 0 Å². The average Bonchev–Trinajstić information content (AvgIpc) is 2.17. The van der Waals surface area contributed by atoms with Crippen molar-refractivity contribution in [1.29, 1.82) is 0 Å². The van der Waals surface area contributed by atoms with Crippen molar-refractivity contribution in [2.75, 3.05) is 0 Å². The Labute approximate surface area is 108 Å². The van der Waals surface area contributed by atoms with Gasteiger partial charge in [-0.25, -0.2) is 0 Å². The van der Waals surface area contributed by atoms with Gasteiger partial charge in [-0.1, -0.05) is 73.6 Å². The summed E-state index contributed by atoms with van der Waals surface area (Å²) in [5, 5.41) is 0. The highest BCUT2D eigenvalue weighted by atomic mass is 14.2. The number of hydrogen-bond acceptors (Lipinski definition) is 0. The van der Waals surface area contributed by atoms with Gasteiger partial charge in [-0.15, -0.1) is 0 Å². The van der Waals surface area contributed by atoms with Crippen molar-refractivity contribution in [2.45, 2.75) is 73.1 Å². The van der Waals surface area contributed by atoms with Crippen molar-refractivity contribution in [3.8, 4) is 0 Å². The van der Waals surface area contributed by atoms with Crippen LogP contribution in [0.4, 0.5) is 0 Å². The number of hydrogen-bond donors (Lipinski definition) is 0. The summed E-state index contributed by atoms with van der Waals surface area (Å²) >= 11 is 0. The van der Waals surface area contributed by atoms with Crippen LogP contribution in [-0.2, 0) is 10.8 Å². The molecule has 1 aromatic carbocycles. The highest BCUT2D eigenvalue weighted by Gasteiger charge is 2.19. The van der Waals surface area contributed by atoms with E-state index in [0.717, 1.165) is 0 Å². The fourth-order valence-electron chi connectivity index (χ4n) is 1.97. The Morgan fingerprint density at radius 1 is 0.765 bits per heavy atom. The third-order valence-corrected chi connectivity index (χ3v) is 2.90. The van der Waals surface area contributed by atoms with Gasteiger partial charge in [0.05, 0.1) is 0 Å². The van der Waals surface area contributed by atoms with Gasteiger partial charge in [-0.05, 0) is 34.4 Å². The van der Waals surface area contributed by atoms with Gasteiger partial charge in [0.1, 0.15) is 0 Å². The molecule has 0 heterocycles. The van der Waals surface area contributed by atoms with Crippen LogP contribution in [0.3, 0.4) is 0 Å².